The highest BCUT2D eigenvalue weighted by molar-refractivity contribution is 14.0. The van der Waals surface area contributed by atoms with Crippen molar-refractivity contribution in [3.63, 3.8) is 0 Å². The third-order valence-electron chi connectivity index (χ3n) is 5.04. The van der Waals surface area contributed by atoms with Crippen molar-refractivity contribution in [2.24, 2.45) is 10.9 Å². The first-order valence-electron chi connectivity index (χ1n) is 10.6. The Balaban J connectivity index is 0.00000480. The molecule has 31 heavy (non-hydrogen) atoms. The molecule has 1 saturated heterocycles. The van der Waals surface area contributed by atoms with Gasteiger partial charge in [-0.2, -0.15) is 0 Å². The number of piperidine rings is 1. The van der Waals surface area contributed by atoms with E-state index in [0.29, 0.717) is 25.0 Å². The molecule has 1 aliphatic rings. The van der Waals surface area contributed by atoms with Crippen LogP contribution in [0.4, 0.5) is 4.79 Å². The summed E-state index contributed by atoms with van der Waals surface area (Å²) >= 11 is 6.24. The van der Waals surface area contributed by atoms with Gasteiger partial charge in [0.2, 0.25) is 0 Å². The van der Waals surface area contributed by atoms with Crippen LogP contribution in [0.25, 0.3) is 0 Å². The molecule has 9 heteroatoms. The first-order valence-corrected chi connectivity index (χ1v) is 10.9. The topological polar surface area (TPSA) is 78.0 Å². The summed E-state index contributed by atoms with van der Waals surface area (Å²) in [6, 6.07) is 8.47. The summed E-state index contributed by atoms with van der Waals surface area (Å²) in [7, 11) is 3.92. The zero-order chi connectivity index (χ0) is 22.1. The van der Waals surface area contributed by atoms with Crippen LogP contribution in [0.5, 0.6) is 0 Å². The largest absolute Gasteiger partial charge is 0.444 e. The number of halogens is 2. The number of carbonyl (C=O) groups excluding carboxylic acids is 1. The third-order valence-corrected chi connectivity index (χ3v) is 5.27. The Morgan fingerprint density at radius 3 is 2.61 bits per heavy atom. The number of nitrogens with one attached hydrogen (secondary N) is 3. The molecule has 0 aliphatic carbocycles. The molecule has 2 rings (SSSR count). The van der Waals surface area contributed by atoms with Gasteiger partial charge in [0.05, 0.1) is 0 Å². The van der Waals surface area contributed by atoms with E-state index >= 15 is 0 Å². The first-order chi connectivity index (χ1) is 14.2. The van der Waals surface area contributed by atoms with Gasteiger partial charge in [-0.1, -0.05) is 23.7 Å². The van der Waals surface area contributed by atoms with Crippen molar-refractivity contribution in [3.05, 3.63) is 34.9 Å². The lowest BCUT2D eigenvalue weighted by Gasteiger charge is -2.40. The number of carbonyl (C=O) groups is 1. The van der Waals surface area contributed by atoms with Crippen LogP contribution in [-0.2, 0) is 4.74 Å². The second-order valence-corrected chi connectivity index (χ2v) is 9.13. The second-order valence-electron chi connectivity index (χ2n) is 8.69. The first kappa shape index (κ1) is 27.8. The number of likely N-dealkylation sites (tertiary alicyclic amines) is 1. The van der Waals surface area contributed by atoms with Gasteiger partial charge in [-0.25, -0.2) is 4.79 Å². The molecule has 0 saturated carbocycles. The maximum Gasteiger partial charge on any atom is 0.407 e. The zero-order valence-electron chi connectivity index (χ0n) is 19.2. The number of hydrogen-bond acceptors (Lipinski definition) is 4. The molecule has 1 heterocycles. The number of hydrogen-bond donors (Lipinski definition) is 3. The summed E-state index contributed by atoms with van der Waals surface area (Å²) in [4.78, 5) is 18.4. The smallest absolute Gasteiger partial charge is 0.407 e. The minimum absolute atomic E-state index is 0. The van der Waals surface area contributed by atoms with E-state index in [1.54, 1.807) is 7.05 Å². The standard InChI is InChI=1S/C22H36ClN5O2.HI/c1-22(2,3)30-21(29)26-12-11-25-20(24-4)27-15-17-9-7-13-28(5)19(17)16-8-6-10-18(23)14-16;/h6,8,10,14,17,19H,7,9,11-13,15H2,1-5H3,(H,26,29)(H2,24,25,27);1H. The highest BCUT2D eigenvalue weighted by Gasteiger charge is 2.30. The van der Waals surface area contributed by atoms with Crippen molar-refractivity contribution in [1.82, 2.24) is 20.9 Å². The fourth-order valence-corrected chi connectivity index (χ4v) is 4.00. The SMILES string of the molecule is CN=C(NCCNC(=O)OC(C)(C)C)NCC1CCCN(C)C1c1cccc(Cl)c1.I. The number of nitrogens with zero attached hydrogens (tertiary/aromatic N) is 2. The minimum Gasteiger partial charge on any atom is -0.444 e. The summed E-state index contributed by atoms with van der Waals surface area (Å²) in [6.07, 6.45) is 1.90. The molecule has 1 aliphatic heterocycles. The van der Waals surface area contributed by atoms with Crippen LogP contribution in [0, 0.1) is 5.92 Å². The summed E-state index contributed by atoms with van der Waals surface area (Å²) in [5, 5.41) is 10.2. The number of aliphatic imine (C=N–C) groups is 1. The lowest BCUT2D eigenvalue weighted by atomic mass is 9.85. The normalized spacial score (nSPS) is 19.9. The summed E-state index contributed by atoms with van der Waals surface area (Å²) in [5.74, 6) is 1.17. The number of rotatable bonds is 6. The molecule has 0 radical (unpaired) electrons. The van der Waals surface area contributed by atoms with Gasteiger partial charge in [0, 0.05) is 37.7 Å². The number of benzene rings is 1. The van der Waals surface area contributed by atoms with E-state index in [-0.39, 0.29) is 24.0 Å². The molecule has 2 unspecified atom stereocenters. The van der Waals surface area contributed by atoms with E-state index in [4.69, 9.17) is 16.3 Å². The molecule has 1 aromatic rings. The average Bonchev–Trinajstić information content (AvgIpc) is 2.66. The number of amides is 1. The van der Waals surface area contributed by atoms with E-state index in [0.717, 1.165) is 30.5 Å². The Morgan fingerprint density at radius 2 is 1.97 bits per heavy atom. The van der Waals surface area contributed by atoms with E-state index in [1.165, 1.54) is 12.0 Å². The molecule has 0 bridgehead atoms. The Hall–Kier alpha value is -1.26. The monoisotopic (exact) mass is 565 g/mol. The molecular weight excluding hydrogens is 529 g/mol. The van der Waals surface area contributed by atoms with Crippen LogP contribution in [0.3, 0.4) is 0 Å². The highest BCUT2D eigenvalue weighted by atomic mass is 127. The maximum absolute atomic E-state index is 11.7. The van der Waals surface area contributed by atoms with Gasteiger partial charge in [0.25, 0.3) is 0 Å². The lowest BCUT2D eigenvalue weighted by molar-refractivity contribution is 0.0529. The van der Waals surface area contributed by atoms with E-state index in [1.807, 2.05) is 32.9 Å². The van der Waals surface area contributed by atoms with E-state index < -0.39 is 11.7 Å². The average molecular weight is 566 g/mol. The van der Waals surface area contributed by atoms with Gasteiger partial charge in [-0.3, -0.25) is 9.89 Å². The maximum atomic E-state index is 11.7. The summed E-state index contributed by atoms with van der Waals surface area (Å²) < 4.78 is 5.23. The van der Waals surface area contributed by atoms with Gasteiger partial charge < -0.3 is 20.7 Å². The number of guanidine groups is 1. The van der Waals surface area contributed by atoms with Crippen LogP contribution in [0.2, 0.25) is 5.02 Å². The third kappa shape index (κ3) is 9.82. The van der Waals surface area contributed by atoms with Crippen LogP contribution in [-0.4, -0.2) is 62.8 Å². The summed E-state index contributed by atoms with van der Waals surface area (Å²) in [6.45, 7) is 8.42. The fourth-order valence-electron chi connectivity index (χ4n) is 3.80. The van der Waals surface area contributed by atoms with Gasteiger partial charge in [0.1, 0.15) is 5.60 Å². The molecule has 1 fully saturated rings. The molecule has 176 valence electrons. The Bertz CT molecular complexity index is 726. The van der Waals surface area contributed by atoms with Gasteiger partial charge in [-0.05, 0) is 70.8 Å². The van der Waals surface area contributed by atoms with Crippen molar-refractivity contribution in [1.29, 1.82) is 0 Å². The predicted octanol–water partition coefficient (Wildman–Crippen LogP) is 4.03. The van der Waals surface area contributed by atoms with Crippen molar-refractivity contribution in [3.8, 4) is 0 Å². The van der Waals surface area contributed by atoms with Crippen molar-refractivity contribution < 1.29 is 9.53 Å². The molecule has 3 N–H and O–H groups in total. The molecule has 1 aromatic carbocycles. The molecule has 2 atom stereocenters. The van der Waals surface area contributed by atoms with E-state index in [2.05, 4.69) is 45.0 Å². The number of alkyl carbamates (subject to hydrolysis) is 1. The van der Waals surface area contributed by atoms with Crippen LogP contribution in [0.15, 0.2) is 29.3 Å². The van der Waals surface area contributed by atoms with Crippen LogP contribution in [0.1, 0.15) is 45.2 Å². The van der Waals surface area contributed by atoms with Gasteiger partial charge in [-0.15, -0.1) is 24.0 Å². The Morgan fingerprint density at radius 1 is 1.26 bits per heavy atom. The molecule has 7 nitrogen and oxygen atoms in total. The van der Waals surface area contributed by atoms with Crippen LogP contribution < -0.4 is 16.0 Å². The van der Waals surface area contributed by atoms with Crippen molar-refractivity contribution >= 4 is 47.6 Å². The van der Waals surface area contributed by atoms with Gasteiger partial charge in [0.15, 0.2) is 5.96 Å². The minimum atomic E-state index is -0.498. The Labute approximate surface area is 208 Å². The van der Waals surface area contributed by atoms with Crippen molar-refractivity contribution in [2.45, 2.75) is 45.3 Å². The quantitative estimate of drug-likeness (QED) is 0.210. The molecule has 1 amide bonds. The van der Waals surface area contributed by atoms with Gasteiger partial charge >= 0.3 is 6.09 Å². The highest BCUT2D eigenvalue weighted by Crippen LogP contribution is 2.35. The Kier molecular flexibility index (Phi) is 11.9. The second kappa shape index (κ2) is 13.3. The molecule has 0 spiro atoms. The summed E-state index contributed by atoms with van der Waals surface area (Å²) in [5.41, 5.74) is 0.753. The van der Waals surface area contributed by atoms with Crippen molar-refractivity contribution in [2.75, 3.05) is 40.3 Å². The predicted molar refractivity (Wildman–Crippen MR) is 139 cm³/mol. The molecular formula is C22H37ClIN5O2. The fraction of sp³-hybridized carbons (Fsp3) is 0.636. The van der Waals surface area contributed by atoms with E-state index in [9.17, 15) is 4.79 Å². The lowest BCUT2D eigenvalue weighted by Crippen LogP contribution is -2.46. The zero-order valence-corrected chi connectivity index (χ0v) is 22.3. The number of ether oxygens (including phenoxy) is 1. The van der Waals surface area contributed by atoms with Crippen LogP contribution >= 0.6 is 35.6 Å². The molecule has 0 aromatic heterocycles.